The summed E-state index contributed by atoms with van der Waals surface area (Å²) in [4.78, 5) is 26.8. The number of aliphatic imine (C=N–C) groups is 1. The van der Waals surface area contributed by atoms with Gasteiger partial charge in [0.15, 0.2) is 0 Å². The van der Waals surface area contributed by atoms with E-state index >= 15 is 0 Å². The van der Waals surface area contributed by atoms with E-state index in [9.17, 15) is 4.79 Å². The monoisotopic (exact) mass is 397 g/mol. The van der Waals surface area contributed by atoms with E-state index in [-0.39, 0.29) is 5.56 Å². The fraction of sp³-hybridized carbons (Fsp3) is 0.263. The third-order valence-electron chi connectivity index (χ3n) is 4.53. The van der Waals surface area contributed by atoms with Crippen LogP contribution in [-0.4, -0.2) is 39.4 Å². The van der Waals surface area contributed by atoms with Gasteiger partial charge in [-0.15, -0.1) is 23.5 Å². The van der Waals surface area contributed by atoms with Gasteiger partial charge in [0.1, 0.15) is 11.4 Å². The number of fused-ring (bicyclic) bond motifs is 3. The maximum Gasteiger partial charge on any atom is 0.262 e. The normalized spacial score (nSPS) is 20.1. The molecule has 0 spiro atoms. The van der Waals surface area contributed by atoms with Gasteiger partial charge in [0, 0.05) is 36.1 Å². The molecule has 0 atom stereocenters. The Morgan fingerprint density at radius 3 is 3.00 bits per heavy atom. The Kier molecular flexibility index (Phi) is 5.18. The van der Waals surface area contributed by atoms with Crippen molar-refractivity contribution in [3.63, 3.8) is 0 Å². The molecule has 2 aromatic rings. The van der Waals surface area contributed by atoms with Crippen molar-refractivity contribution in [1.82, 2.24) is 14.5 Å². The summed E-state index contributed by atoms with van der Waals surface area (Å²) in [6.45, 7) is 2.63. The average molecular weight is 398 g/mol. The number of allylic oxidation sites excluding steroid dienone is 2. The third-order valence-corrected chi connectivity index (χ3v) is 6.20. The maximum atomic E-state index is 13.3. The first kappa shape index (κ1) is 18.1. The Balaban J connectivity index is 1.86. The lowest BCUT2D eigenvalue weighted by atomic mass is 10.1. The van der Waals surface area contributed by atoms with Gasteiger partial charge in [-0.1, -0.05) is 6.08 Å². The Morgan fingerprint density at radius 2 is 2.15 bits per heavy atom. The number of nitrogens with one attached hydrogen (secondary N) is 1. The summed E-state index contributed by atoms with van der Waals surface area (Å²) in [5.74, 6) is 1.34. The van der Waals surface area contributed by atoms with E-state index in [1.807, 2.05) is 31.7 Å². The molecule has 0 unspecified atom stereocenters. The Labute approximate surface area is 165 Å². The average Bonchev–Trinajstić information content (AvgIpc) is 2.80. The summed E-state index contributed by atoms with van der Waals surface area (Å²) >= 11 is 3.19. The molecule has 2 aromatic heterocycles. The number of hydrogen-bond donors (Lipinski definition) is 1. The van der Waals surface area contributed by atoms with Crippen molar-refractivity contribution in [2.45, 2.75) is 17.7 Å². The Hall–Kier alpha value is -2.32. The van der Waals surface area contributed by atoms with Crippen molar-refractivity contribution in [2.75, 3.05) is 24.7 Å². The summed E-state index contributed by atoms with van der Waals surface area (Å²) in [5.41, 5.74) is 7.04. The molecule has 138 valence electrons. The standard InChI is InChI=1S/C19H19N5OS2/c1-12-3-6-21-11-26-8-5-15(12)24-10-23-17-13(19(24)25)9-27-18-16(17)14(20-2)4-7-22-18/h3-5,7,10-11H,6,8-9H2,1-2H3,(H,20,22)/b12-3-,15-5+,21-11?. The van der Waals surface area contributed by atoms with E-state index in [0.29, 0.717) is 12.3 Å². The van der Waals surface area contributed by atoms with Crippen LogP contribution in [0.2, 0.25) is 0 Å². The van der Waals surface area contributed by atoms with Gasteiger partial charge in [-0.25, -0.2) is 9.97 Å². The van der Waals surface area contributed by atoms with Crippen molar-refractivity contribution in [3.8, 4) is 11.3 Å². The molecule has 8 heteroatoms. The van der Waals surface area contributed by atoms with E-state index in [4.69, 9.17) is 0 Å². The van der Waals surface area contributed by atoms with Crippen LogP contribution in [-0.2, 0) is 5.75 Å². The highest BCUT2D eigenvalue weighted by Crippen LogP contribution is 2.41. The number of rotatable bonds is 2. The molecule has 0 saturated carbocycles. The van der Waals surface area contributed by atoms with Gasteiger partial charge in [-0.2, -0.15) is 0 Å². The van der Waals surface area contributed by atoms with Crippen LogP contribution in [0.3, 0.4) is 0 Å². The van der Waals surface area contributed by atoms with Crippen molar-refractivity contribution < 1.29 is 0 Å². The van der Waals surface area contributed by atoms with E-state index in [1.165, 1.54) is 0 Å². The minimum absolute atomic E-state index is 0.0202. The molecule has 0 saturated heterocycles. The molecule has 4 heterocycles. The van der Waals surface area contributed by atoms with Gasteiger partial charge in [-0.3, -0.25) is 14.4 Å². The van der Waals surface area contributed by atoms with Gasteiger partial charge < -0.3 is 5.32 Å². The van der Waals surface area contributed by atoms with Crippen LogP contribution < -0.4 is 10.9 Å². The summed E-state index contributed by atoms with van der Waals surface area (Å²) in [6, 6.07) is 1.91. The van der Waals surface area contributed by atoms with Crippen molar-refractivity contribution in [1.29, 1.82) is 0 Å². The molecule has 0 bridgehead atoms. The number of nitrogens with zero attached hydrogens (tertiary/aromatic N) is 4. The van der Waals surface area contributed by atoms with Gasteiger partial charge >= 0.3 is 0 Å². The first-order valence-corrected chi connectivity index (χ1v) is 10.6. The zero-order valence-corrected chi connectivity index (χ0v) is 16.7. The smallest absolute Gasteiger partial charge is 0.262 e. The van der Waals surface area contributed by atoms with Crippen LogP contribution in [0.4, 0.5) is 5.69 Å². The van der Waals surface area contributed by atoms with Crippen LogP contribution in [0.25, 0.3) is 17.0 Å². The molecule has 0 radical (unpaired) electrons. The van der Waals surface area contributed by atoms with Crippen molar-refractivity contribution >= 4 is 40.5 Å². The third kappa shape index (κ3) is 3.35. The topological polar surface area (TPSA) is 72.2 Å². The highest BCUT2D eigenvalue weighted by atomic mass is 32.2. The van der Waals surface area contributed by atoms with E-state index in [1.54, 1.807) is 40.6 Å². The number of pyridine rings is 1. The molecule has 4 rings (SSSR count). The van der Waals surface area contributed by atoms with Crippen LogP contribution in [0.5, 0.6) is 0 Å². The summed E-state index contributed by atoms with van der Waals surface area (Å²) in [6.07, 6.45) is 7.51. The second-order valence-corrected chi connectivity index (χ2v) is 7.95. The second kappa shape index (κ2) is 7.74. The molecule has 0 fully saturated rings. The predicted octanol–water partition coefficient (Wildman–Crippen LogP) is 3.52. The molecular formula is C19H19N5OS2. The van der Waals surface area contributed by atoms with Gasteiger partial charge in [-0.05, 0) is 24.6 Å². The minimum atomic E-state index is -0.0202. The highest BCUT2D eigenvalue weighted by Gasteiger charge is 2.25. The second-order valence-electron chi connectivity index (χ2n) is 6.10. The lowest BCUT2D eigenvalue weighted by Gasteiger charge is -2.21. The quantitative estimate of drug-likeness (QED) is 0.836. The molecule has 2 aliphatic rings. The minimum Gasteiger partial charge on any atom is -0.387 e. The number of hydrogen-bond acceptors (Lipinski definition) is 7. The highest BCUT2D eigenvalue weighted by molar-refractivity contribution is 8.12. The van der Waals surface area contributed by atoms with Crippen LogP contribution in [0, 0.1) is 0 Å². The number of anilines is 1. The molecule has 0 amide bonds. The predicted molar refractivity (Wildman–Crippen MR) is 115 cm³/mol. The largest absolute Gasteiger partial charge is 0.387 e. The number of thioether (sulfide) groups is 2. The molecule has 1 N–H and O–H groups in total. The fourth-order valence-corrected chi connectivity index (χ4v) is 4.71. The Bertz CT molecular complexity index is 1020. The molecule has 0 aromatic carbocycles. The first-order chi connectivity index (χ1) is 13.2. The first-order valence-electron chi connectivity index (χ1n) is 8.58. The summed E-state index contributed by atoms with van der Waals surface area (Å²) < 4.78 is 1.66. The van der Waals surface area contributed by atoms with Gasteiger partial charge in [0.05, 0.1) is 28.9 Å². The van der Waals surface area contributed by atoms with E-state index in [0.717, 1.165) is 44.6 Å². The van der Waals surface area contributed by atoms with Crippen LogP contribution in [0.15, 0.2) is 51.1 Å². The molecular weight excluding hydrogens is 378 g/mol. The fourth-order valence-electron chi connectivity index (χ4n) is 3.15. The van der Waals surface area contributed by atoms with E-state index in [2.05, 4.69) is 26.4 Å². The summed E-state index contributed by atoms with van der Waals surface area (Å²) in [5, 5.41) is 4.09. The van der Waals surface area contributed by atoms with Crippen molar-refractivity contribution in [3.05, 3.63) is 52.2 Å². The van der Waals surface area contributed by atoms with Gasteiger partial charge in [0.2, 0.25) is 0 Å². The lowest BCUT2D eigenvalue weighted by molar-refractivity contribution is 0.921. The van der Waals surface area contributed by atoms with Crippen LogP contribution >= 0.6 is 23.5 Å². The molecule has 0 aliphatic carbocycles. The number of aromatic nitrogens is 3. The maximum absolute atomic E-state index is 13.3. The zero-order valence-electron chi connectivity index (χ0n) is 15.1. The SMILES string of the molecule is CNc1ccnc2c1-c1ncn(C3=C/CSC=NC/C=C\3C)c(=O)c1CS2. The van der Waals surface area contributed by atoms with Crippen LogP contribution in [0.1, 0.15) is 12.5 Å². The lowest BCUT2D eigenvalue weighted by Crippen LogP contribution is -2.26. The van der Waals surface area contributed by atoms with E-state index < -0.39 is 0 Å². The Morgan fingerprint density at radius 1 is 1.26 bits per heavy atom. The van der Waals surface area contributed by atoms with Crippen molar-refractivity contribution in [2.24, 2.45) is 4.99 Å². The molecule has 6 nitrogen and oxygen atoms in total. The van der Waals surface area contributed by atoms with Gasteiger partial charge in [0.25, 0.3) is 5.56 Å². The summed E-state index contributed by atoms with van der Waals surface area (Å²) in [7, 11) is 1.87. The molecule has 2 aliphatic heterocycles. The zero-order chi connectivity index (χ0) is 18.8. The molecule has 27 heavy (non-hydrogen) atoms.